The number of aliphatic hydroxyl groups is 1. The molecule has 2 aliphatic heterocycles. The van der Waals surface area contributed by atoms with Crippen LogP contribution in [0.1, 0.15) is 30.4 Å². The van der Waals surface area contributed by atoms with Crippen molar-refractivity contribution in [2.45, 2.75) is 44.1 Å². The molecule has 0 amide bonds. The SMILES string of the molecule is OCC[C@H]1CN2CCCC2CN1Cc1cccc(C(F)(F)F)c1. The lowest BCUT2D eigenvalue weighted by Crippen LogP contribution is -2.55. The summed E-state index contributed by atoms with van der Waals surface area (Å²) in [5, 5.41) is 9.30. The van der Waals surface area contributed by atoms with Gasteiger partial charge in [0.2, 0.25) is 0 Å². The molecule has 1 N–H and O–H groups in total. The Balaban J connectivity index is 1.74. The van der Waals surface area contributed by atoms with E-state index in [1.807, 2.05) is 0 Å². The molecule has 2 aliphatic rings. The number of piperazine rings is 1. The molecule has 0 aliphatic carbocycles. The first-order chi connectivity index (χ1) is 11.0. The average molecular weight is 328 g/mol. The van der Waals surface area contributed by atoms with Crippen molar-refractivity contribution in [3.63, 3.8) is 0 Å². The molecule has 6 heteroatoms. The van der Waals surface area contributed by atoms with Crippen LogP contribution in [-0.4, -0.2) is 53.2 Å². The number of halogens is 3. The van der Waals surface area contributed by atoms with Gasteiger partial charge in [-0.05, 0) is 37.4 Å². The van der Waals surface area contributed by atoms with Gasteiger partial charge in [-0.2, -0.15) is 13.2 Å². The van der Waals surface area contributed by atoms with Crippen LogP contribution in [-0.2, 0) is 12.7 Å². The first kappa shape index (κ1) is 16.7. The molecular weight excluding hydrogens is 305 g/mol. The zero-order valence-electron chi connectivity index (χ0n) is 13.1. The summed E-state index contributed by atoms with van der Waals surface area (Å²) in [6, 6.07) is 6.32. The Labute approximate surface area is 134 Å². The van der Waals surface area contributed by atoms with E-state index in [0.717, 1.165) is 32.1 Å². The normalized spacial score (nSPS) is 26.4. The lowest BCUT2D eigenvalue weighted by atomic mass is 10.0. The Kier molecular flexibility index (Phi) is 4.94. The second kappa shape index (κ2) is 6.79. The maximum absolute atomic E-state index is 12.9. The number of alkyl halides is 3. The monoisotopic (exact) mass is 328 g/mol. The predicted octanol–water partition coefficient (Wildman–Crippen LogP) is 2.74. The summed E-state index contributed by atoms with van der Waals surface area (Å²) in [4.78, 5) is 4.71. The molecule has 0 bridgehead atoms. The molecule has 128 valence electrons. The third-order valence-corrected chi connectivity index (χ3v) is 5.01. The lowest BCUT2D eigenvalue weighted by Gasteiger charge is -2.43. The van der Waals surface area contributed by atoms with E-state index in [9.17, 15) is 18.3 Å². The number of aliphatic hydroxyl groups excluding tert-OH is 1. The third kappa shape index (κ3) is 3.87. The van der Waals surface area contributed by atoms with E-state index in [1.54, 1.807) is 6.07 Å². The second-order valence-electron chi connectivity index (χ2n) is 6.58. The Bertz CT molecular complexity index is 535. The largest absolute Gasteiger partial charge is 0.416 e. The van der Waals surface area contributed by atoms with Gasteiger partial charge in [-0.15, -0.1) is 0 Å². The smallest absolute Gasteiger partial charge is 0.396 e. The second-order valence-corrected chi connectivity index (χ2v) is 6.58. The minimum absolute atomic E-state index is 0.113. The number of benzene rings is 1. The summed E-state index contributed by atoms with van der Waals surface area (Å²) in [5.74, 6) is 0. The fraction of sp³-hybridized carbons (Fsp3) is 0.647. The molecule has 2 fully saturated rings. The molecule has 2 heterocycles. The van der Waals surface area contributed by atoms with Gasteiger partial charge in [0.05, 0.1) is 5.56 Å². The molecular formula is C17H23F3N2O. The topological polar surface area (TPSA) is 26.7 Å². The van der Waals surface area contributed by atoms with Gasteiger partial charge in [0.1, 0.15) is 0 Å². The van der Waals surface area contributed by atoms with Gasteiger partial charge in [0.15, 0.2) is 0 Å². The Morgan fingerprint density at radius 3 is 2.78 bits per heavy atom. The summed E-state index contributed by atoms with van der Waals surface area (Å²) in [6.45, 7) is 3.51. The van der Waals surface area contributed by atoms with Crippen molar-refractivity contribution in [1.29, 1.82) is 0 Å². The fourth-order valence-electron chi connectivity index (χ4n) is 3.85. The lowest BCUT2D eigenvalue weighted by molar-refractivity contribution is -0.137. The van der Waals surface area contributed by atoms with E-state index >= 15 is 0 Å². The van der Waals surface area contributed by atoms with Gasteiger partial charge >= 0.3 is 6.18 Å². The standard InChI is InChI=1S/C17H23F3N2O/c18-17(19,20)14-4-1-3-13(9-14)10-22-12-15-5-2-7-21(15)11-16(22)6-8-23/h1,3-4,9,15-16,23H,2,5-8,10-12H2/t15?,16-/m0/s1. The number of hydrogen-bond acceptors (Lipinski definition) is 3. The Morgan fingerprint density at radius 2 is 2.04 bits per heavy atom. The van der Waals surface area contributed by atoms with Gasteiger partial charge in [-0.3, -0.25) is 9.80 Å². The van der Waals surface area contributed by atoms with E-state index in [1.165, 1.54) is 18.6 Å². The zero-order valence-corrected chi connectivity index (χ0v) is 13.1. The molecule has 23 heavy (non-hydrogen) atoms. The van der Waals surface area contributed by atoms with Gasteiger partial charge in [0.25, 0.3) is 0 Å². The van der Waals surface area contributed by atoms with Crippen molar-refractivity contribution >= 4 is 0 Å². The van der Waals surface area contributed by atoms with Crippen LogP contribution in [0.5, 0.6) is 0 Å². The van der Waals surface area contributed by atoms with Crippen LogP contribution in [0.25, 0.3) is 0 Å². The van der Waals surface area contributed by atoms with Gasteiger partial charge in [0, 0.05) is 38.3 Å². The highest BCUT2D eigenvalue weighted by Gasteiger charge is 2.36. The minimum atomic E-state index is -4.30. The highest BCUT2D eigenvalue weighted by Crippen LogP contribution is 2.31. The van der Waals surface area contributed by atoms with Gasteiger partial charge in [-0.25, -0.2) is 0 Å². The summed E-state index contributed by atoms with van der Waals surface area (Å²) in [5.41, 5.74) is 0.0995. The van der Waals surface area contributed by atoms with Crippen LogP contribution in [0.2, 0.25) is 0 Å². The summed E-state index contributed by atoms with van der Waals surface area (Å²) in [7, 11) is 0. The molecule has 0 spiro atoms. The average Bonchev–Trinajstić information content (AvgIpc) is 2.94. The Morgan fingerprint density at radius 1 is 1.22 bits per heavy atom. The van der Waals surface area contributed by atoms with E-state index in [-0.39, 0.29) is 12.6 Å². The van der Waals surface area contributed by atoms with Crippen LogP contribution >= 0.6 is 0 Å². The first-order valence-corrected chi connectivity index (χ1v) is 8.22. The molecule has 0 aromatic heterocycles. The molecule has 1 unspecified atom stereocenters. The number of fused-ring (bicyclic) bond motifs is 1. The van der Waals surface area contributed by atoms with Gasteiger partial charge in [-0.1, -0.05) is 18.2 Å². The maximum Gasteiger partial charge on any atom is 0.416 e. The summed E-state index contributed by atoms with van der Waals surface area (Å²) >= 11 is 0. The van der Waals surface area contributed by atoms with Crippen LogP contribution in [0.4, 0.5) is 13.2 Å². The molecule has 0 saturated carbocycles. The number of hydrogen-bond donors (Lipinski definition) is 1. The van der Waals surface area contributed by atoms with Gasteiger partial charge < -0.3 is 5.11 Å². The van der Waals surface area contributed by atoms with E-state index in [0.29, 0.717) is 24.6 Å². The minimum Gasteiger partial charge on any atom is -0.396 e. The van der Waals surface area contributed by atoms with Crippen molar-refractivity contribution in [2.24, 2.45) is 0 Å². The third-order valence-electron chi connectivity index (χ3n) is 5.01. The van der Waals surface area contributed by atoms with Crippen molar-refractivity contribution < 1.29 is 18.3 Å². The quantitative estimate of drug-likeness (QED) is 0.921. The molecule has 0 radical (unpaired) electrons. The van der Waals surface area contributed by atoms with Crippen molar-refractivity contribution in [3.8, 4) is 0 Å². The molecule has 1 aromatic rings. The van der Waals surface area contributed by atoms with Crippen LogP contribution in [0.3, 0.4) is 0 Å². The summed E-state index contributed by atoms with van der Waals surface area (Å²) < 4.78 is 38.6. The predicted molar refractivity (Wildman–Crippen MR) is 81.9 cm³/mol. The number of rotatable bonds is 4. The van der Waals surface area contributed by atoms with Crippen LogP contribution in [0.15, 0.2) is 24.3 Å². The van der Waals surface area contributed by atoms with Crippen LogP contribution in [0, 0.1) is 0 Å². The highest BCUT2D eigenvalue weighted by molar-refractivity contribution is 5.25. The van der Waals surface area contributed by atoms with Crippen LogP contribution < -0.4 is 0 Å². The highest BCUT2D eigenvalue weighted by atomic mass is 19.4. The molecule has 2 atom stereocenters. The van der Waals surface area contributed by atoms with Crippen molar-refractivity contribution in [3.05, 3.63) is 35.4 Å². The summed E-state index contributed by atoms with van der Waals surface area (Å²) in [6.07, 6.45) is -1.29. The maximum atomic E-state index is 12.9. The van der Waals surface area contributed by atoms with E-state index in [4.69, 9.17) is 0 Å². The first-order valence-electron chi connectivity index (χ1n) is 8.22. The fourth-order valence-corrected chi connectivity index (χ4v) is 3.85. The Hall–Kier alpha value is -1.11. The molecule has 2 saturated heterocycles. The van der Waals surface area contributed by atoms with Crippen molar-refractivity contribution in [1.82, 2.24) is 9.80 Å². The van der Waals surface area contributed by atoms with E-state index in [2.05, 4.69) is 9.80 Å². The zero-order chi connectivity index (χ0) is 16.4. The van der Waals surface area contributed by atoms with E-state index < -0.39 is 11.7 Å². The molecule has 1 aromatic carbocycles. The molecule has 3 rings (SSSR count). The number of nitrogens with zero attached hydrogens (tertiary/aromatic N) is 2. The molecule has 3 nitrogen and oxygen atoms in total. The van der Waals surface area contributed by atoms with Crippen molar-refractivity contribution in [2.75, 3.05) is 26.2 Å².